The van der Waals surface area contributed by atoms with Crippen molar-refractivity contribution < 1.29 is 17.9 Å². The van der Waals surface area contributed by atoms with E-state index in [9.17, 15) is 13.2 Å². The maximum atomic E-state index is 12.8. The highest BCUT2D eigenvalue weighted by atomic mass is 35.5. The van der Waals surface area contributed by atoms with Crippen LogP contribution in [0.3, 0.4) is 0 Å². The topological polar surface area (TPSA) is 92.7 Å². The summed E-state index contributed by atoms with van der Waals surface area (Å²) >= 11 is 6.15. The number of amides is 1. The molecule has 2 aromatic rings. The van der Waals surface area contributed by atoms with Crippen molar-refractivity contribution >= 4 is 33.3 Å². The van der Waals surface area contributed by atoms with E-state index < -0.39 is 9.84 Å². The van der Waals surface area contributed by atoms with E-state index in [2.05, 4.69) is 9.97 Å². The summed E-state index contributed by atoms with van der Waals surface area (Å²) < 4.78 is 28.9. The zero-order valence-corrected chi connectivity index (χ0v) is 19.2. The molecule has 0 unspecified atom stereocenters. The number of nitrogens with zero attached hydrogens (tertiary/aromatic N) is 4. The average molecular weight is 455 g/mol. The van der Waals surface area contributed by atoms with Gasteiger partial charge in [0.15, 0.2) is 15.5 Å². The minimum absolute atomic E-state index is 0.165. The van der Waals surface area contributed by atoms with Gasteiger partial charge < -0.3 is 14.5 Å². The number of hydrogen-bond acceptors (Lipinski definition) is 7. The second-order valence-corrected chi connectivity index (χ2v) is 9.14. The second-order valence-electron chi connectivity index (χ2n) is 6.71. The van der Waals surface area contributed by atoms with Gasteiger partial charge in [0, 0.05) is 32.9 Å². The number of anilines is 1. The third-order valence-electron chi connectivity index (χ3n) is 4.47. The van der Waals surface area contributed by atoms with Crippen molar-refractivity contribution in [1.82, 2.24) is 14.9 Å². The summed E-state index contributed by atoms with van der Waals surface area (Å²) in [5.74, 6) is 0.639. The van der Waals surface area contributed by atoms with E-state index in [-0.39, 0.29) is 21.5 Å². The number of ether oxygens (including phenoxy) is 1. The van der Waals surface area contributed by atoms with Gasteiger partial charge in [-0.1, -0.05) is 17.7 Å². The molecule has 10 heteroatoms. The molecule has 8 nitrogen and oxygen atoms in total. The molecule has 1 aromatic carbocycles. The summed E-state index contributed by atoms with van der Waals surface area (Å²) in [6.07, 6.45) is 3.15. The largest absolute Gasteiger partial charge is 0.493 e. The smallest absolute Gasteiger partial charge is 0.273 e. The van der Waals surface area contributed by atoms with Gasteiger partial charge in [-0.3, -0.25) is 4.79 Å². The van der Waals surface area contributed by atoms with Crippen molar-refractivity contribution in [1.29, 1.82) is 0 Å². The van der Waals surface area contributed by atoms with E-state index >= 15 is 0 Å². The lowest BCUT2D eigenvalue weighted by atomic mass is 10.3. The van der Waals surface area contributed by atoms with Crippen LogP contribution in [0.2, 0.25) is 5.02 Å². The number of sulfone groups is 1. The number of halogens is 1. The Bertz CT molecular complexity index is 981. The Morgan fingerprint density at radius 1 is 1.23 bits per heavy atom. The highest BCUT2D eigenvalue weighted by molar-refractivity contribution is 7.90. The number of carbonyl (C=O) groups is 1. The molecular weight excluding hydrogens is 428 g/mol. The fourth-order valence-corrected chi connectivity index (χ4v) is 3.56. The fraction of sp³-hybridized carbons (Fsp3) is 0.450. The molecule has 0 atom stereocenters. The predicted molar refractivity (Wildman–Crippen MR) is 117 cm³/mol. The average Bonchev–Trinajstić information content (AvgIpc) is 2.72. The Hall–Kier alpha value is -2.39. The van der Waals surface area contributed by atoms with Gasteiger partial charge in [-0.2, -0.15) is 0 Å². The number of aromatic nitrogens is 2. The second kappa shape index (κ2) is 10.6. The Labute approximate surface area is 182 Å². The van der Waals surface area contributed by atoms with Gasteiger partial charge >= 0.3 is 0 Å². The Kier molecular flexibility index (Phi) is 8.43. The van der Waals surface area contributed by atoms with Crippen LogP contribution in [0.15, 0.2) is 35.4 Å². The number of benzene rings is 1. The van der Waals surface area contributed by atoms with Crippen LogP contribution in [-0.4, -0.2) is 68.7 Å². The van der Waals surface area contributed by atoms with Crippen molar-refractivity contribution in [2.45, 2.75) is 25.2 Å². The summed E-state index contributed by atoms with van der Waals surface area (Å²) in [6.45, 7) is 6.17. The van der Waals surface area contributed by atoms with E-state index in [4.69, 9.17) is 16.3 Å². The fourth-order valence-electron chi connectivity index (χ4n) is 2.74. The molecule has 0 radical (unpaired) electrons. The first-order chi connectivity index (χ1) is 14.2. The molecule has 1 heterocycles. The van der Waals surface area contributed by atoms with Crippen molar-refractivity contribution in [3.05, 3.63) is 41.2 Å². The molecule has 2 rings (SSSR count). The van der Waals surface area contributed by atoms with Crippen LogP contribution in [-0.2, 0) is 9.84 Å². The van der Waals surface area contributed by atoms with Gasteiger partial charge in [0.05, 0.1) is 22.7 Å². The van der Waals surface area contributed by atoms with Gasteiger partial charge in [0.2, 0.25) is 5.95 Å². The van der Waals surface area contributed by atoms with Gasteiger partial charge in [-0.05, 0) is 38.5 Å². The van der Waals surface area contributed by atoms with Crippen LogP contribution in [0.1, 0.15) is 30.8 Å². The van der Waals surface area contributed by atoms with Crippen LogP contribution in [0, 0.1) is 0 Å². The minimum Gasteiger partial charge on any atom is -0.493 e. The molecule has 1 amide bonds. The molecule has 0 aliphatic carbocycles. The molecule has 0 aliphatic heterocycles. The molecule has 0 N–H and O–H groups in total. The summed E-state index contributed by atoms with van der Waals surface area (Å²) in [7, 11) is -1.62. The van der Waals surface area contributed by atoms with Crippen LogP contribution in [0.5, 0.6) is 5.75 Å². The van der Waals surface area contributed by atoms with Crippen LogP contribution >= 0.6 is 11.6 Å². The third kappa shape index (κ3) is 6.30. The first kappa shape index (κ1) is 23.9. The highest BCUT2D eigenvalue weighted by Crippen LogP contribution is 2.19. The third-order valence-corrected chi connectivity index (χ3v) is 5.85. The van der Waals surface area contributed by atoms with Crippen molar-refractivity contribution in [3.63, 3.8) is 0 Å². The Morgan fingerprint density at radius 2 is 1.93 bits per heavy atom. The number of hydrogen-bond donors (Lipinski definition) is 0. The molecule has 0 spiro atoms. The first-order valence-corrected chi connectivity index (χ1v) is 11.9. The molecule has 30 heavy (non-hydrogen) atoms. The van der Waals surface area contributed by atoms with Crippen LogP contribution in [0.25, 0.3) is 0 Å². The molecule has 0 aliphatic rings. The first-order valence-electron chi connectivity index (χ1n) is 9.63. The van der Waals surface area contributed by atoms with E-state index in [1.54, 1.807) is 19.2 Å². The van der Waals surface area contributed by atoms with Gasteiger partial charge in [0.25, 0.3) is 5.91 Å². The van der Waals surface area contributed by atoms with Gasteiger partial charge in [0.1, 0.15) is 5.75 Å². The maximum absolute atomic E-state index is 12.8. The molecule has 164 valence electrons. The van der Waals surface area contributed by atoms with E-state index in [0.29, 0.717) is 31.3 Å². The minimum atomic E-state index is -3.29. The van der Waals surface area contributed by atoms with Crippen LogP contribution in [0.4, 0.5) is 5.95 Å². The number of carbonyl (C=O) groups excluding carboxylic acids is 1. The molecule has 0 saturated carbocycles. The summed E-state index contributed by atoms with van der Waals surface area (Å²) in [6, 6.07) is 6.33. The lowest BCUT2D eigenvalue weighted by molar-refractivity contribution is 0.0782. The lowest BCUT2D eigenvalue weighted by Gasteiger charge is -2.21. The summed E-state index contributed by atoms with van der Waals surface area (Å²) in [5.41, 5.74) is 0.165. The van der Waals surface area contributed by atoms with Gasteiger partial charge in [-0.25, -0.2) is 18.4 Å². The Balaban J connectivity index is 1.95. The quantitative estimate of drug-likeness (QED) is 0.509. The van der Waals surface area contributed by atoms with E-state index in [1.807, 2.05) is 18.7 Å². The lowest BCUT2D eigenvalue weighted by Crippen LogP contribution is -2.31. The maximum Gasteiger partial charge on any atom is 0.273 e. The molecule has 0 saturated heterocycles. The molecule has 0 bridgehead atoms. The van der Waals surface area contributed by atoms with Crippen molar-refractivity contribution in [3.8, 4) is 5.75 Å². The highest BCUT2D eigenvalue weighted by Gasteiger charge is 2.19. The normalized spacial score (nSPS) is 11.2. The zero-order valence-electron chi connectivity index (χ0n) is 17.6. The van der Waals surface area contributed by atoms with E-state index in [1.165, 1.54) is 23.2 Å². The SMILES string of the molecule is CCN(CC)c1ncc(Cl)c(C(=O)N(C)CCCOc2cccc(S(C)(=O)=O)c2)n1. The zero-order chi connectivity index (χ0) is 22.3. The van der Waals surface area contributed by atoms with Crippen molar-refractivity contribution in [2.24, 2.45) is 0 Å². The summed E-state index contributed by atoms with van der Waals surface area (Å²) in [4.78, 5) is 25.0. The summed E-state index contributed by atoms with van der Waals surface area (Å²) in [5, 5.41) is 0.205. The van der Waals surface area contributed by atoms with Crippen molar-refractivity contribution in [2.75, 3.05) is 44.4 Å². The molecular formula is C20H27ClN4O4S. The monoisotopic (exact) mass is 454 g/mol. The Morgan fingerprint density at radius 3 is 2.57 bits per heavy atom. The van der Waals surface area contributed by atoms with E-state index in [0.717, 1.165) is 19.3 Å². The molecule has 1 aromatic heterocycles. The molecule has 0 fully saturated rings. The van der Waals surface area contributed by atoms with Crippen LogP contribution < -0.4 is 9.64 Å². The standard InChI is InChI=1S/C20H27ClN4O4S/c1-5-25(6-2)20-22-14-17(21)18(23-20)19(26)24(3)11-8-12-29-15-9-7-10-16(13-15)30(4,27)28/h7,9-10,13-14H,5-6,8,11-12H2,1-4H3. The number of rotatable bonds is 10. The predicted octanol–water partition coefficient (Wildman–Crippen LogP) is 2.92. The van der Waals surface area contributed by atoms with Gasteiger partial charge in [-0.15, -0.1) is 0 Å².